The van der Waals surface area contributed by atoms with Crippen molar-refractivity contribution in [2.24, 2.45) is 0 Å². The molecule has 6 heteroatoms. The van der Waals surface area contributed by atoms with Crippen molar-refractivity contribution in [1.29, 1.82) is 0 Å². The molecule has 5 nitrogen and oxygen atoms in total. The van der Waals surface area contributed by atoms with Crippen molar-refractivity contribution < 1.29 is 18.7 Å². The van der Waals surface area contributed by atoms with Gasteiger partial charge in [-0.2, -0.15) is 0 Å². The third-order valence-corrected chi connectivity index (χ3v) is 2.11. The Morgan fingerprint density at radius 3 is 2.67 bits per heavy atom. The lowest BCUT2D eigenvalue weighted by atomic mass is 10.2. The fraction of sp³-hybridized carbons (Fsp3) is 0.0833. The van der Waals surface area contributed by atoms with E-state index in [1.54, 1.807) is 0 Å². The van der Waals surface area contributed by atoms with Gasteiger partial charge in [-0.05, 0) is 18.2 Å². The van der Waals surface area contributed by atoms with Gasteiger partial charge < -0.3 is 9.47 Å². The van der Waals surface area contributed by atoms with Crippen molar-refractivity contribution in [3.05, 3.63) is 48.3 Å². The van der Waals surface area contributed by atoms with Gasteiger partial charge in [-0.25, -0.2) is 19.2 Å². The van der Waals surface area contributed by atoms with Gasteiger partial charge in [-0.15, -0.1) is 0 Å². The third-order valence-electron chi connectivity index (χ3n) is 2.11. The number of nitrogens with zero attached hydrogens (tertiary/aromatic N) is 2. The molecule has 1 aromatic heterocycles. The van der Waals surface area contributed by atoms with Gasteiger partial charge in [0.15, 0.2) is 5.75 Å². The van der Waals surface area contributed by atoms with Crippen molar-refractivity contribution in [3.63, 3.8) is 0 Å². The molecule has 0 radical (unpaired) electrons. The number of aromatic nitrogens is 2. The average molecular weight is 248 g/mol. The Hall–Kier alpha value is -2.50. The number of esters is 1. The molecule has 0 bridgehead atoms. The van der Waals surface area contributed by atoms with Crippen LogP contribution >= 0.6 is 0 Å². The summed E-state index contributed by atoms with van der Waals surface area (Å²) < 4.78 is 23.0. The standard InChI is InChI=1S/C12H9FN2O3/c1-17-12(16)10-4-8(13)2-3-11(10)18-9-5-14-7-15-6-9/h2-7H,1H3. The number of benzene rings is 1. The summed E-state index contributed by atoms with van der Waals surface area (Å²) >= 11 is 0. The molecule has 0 spiro atoms. The zero-order chi connectivity index (χ0) is 13.0. The molecule has 2 aromatic rings. The summed E-state index contributed by atoms with van der Waals surface area (Å²) in [6.07, 6.45) is 4.20. The summed E-state index contributed by atoms with van der Waals surface area (Å²) in [4.78, 5) is 19.0. The predicted octanol–water partition coefficient (Wildman–Crippen LogP) is 2.19. The van der Waals surface area contributed by atoms with Crippen LogP contribution in [0.1, 0.15) is 10.4 Å². The van der Waals surface area contributed by atoms with E-state index in [4.69, 9.17) is 4.74 Å². The molecule has 0 aliphatic heterocycles. The van der Waals surface area contributed by atoms with Crippen molar-refractivity contribution in [2.45, 2.75) is 0 Å². The van der Waals surface area contributed by atoms with Gasteiger partial charge in [0.2, 0.25) is 0 Å². The zero-order valence-electron chi connectivity index (χ0n) is 9.46. The Morgan fingerprint density at radius 1 is 1.28 bits per heavy atom. The summed E-state index contributed by atoms with van der Waals surface area (Å²) in [6, 6.07) is 3.57. The topological polar surface area (TPSA) is 61.3 Å². The van der Waals surface area contributed by atoms with E-state index in [-0.39, 0.29) is 11.3 Å². The molecule has 0 saturated heterocycles. The van der Waals surface area contributed by atoms with E-state index < -0.39 is 11.8 Å². The minimum atomic E-state index is -0.679. The van der Waals surface area contributed by atoms with Gasteiger partial charge >= 0.3 is 5.97 Å². The molecular formula is C12H9FN2O3. The van der Waals surface area contributed by atoms with Crippen molar-refractivity contribution in [3.8, 4) is 11.5 Å². The minimum absolute atomic E-state index is 0.00125. The van der Waals surface area contributed by atoms with Gasteiger partial charge in [-0.3, -0.25) is 0 Å². The van der Waals surface area contributed by atoms with E-state index in [0.717, 1.165) is 6.07 Å². The molecule has 0 unspecified atom stereocenters. The van der Waals surface area contributed by atoms with Crippen LogP contribution in [0, 0.1) is 5.82 Å². The van der Waals surface area contributed by atoms with E-state index in [9.17, 15) is 9.18 Å². The van der Waals surface area contributed by atoms with Gasteiger partial charge in [0.1, 0.15) is 23.5 Å². The van der Waals surface area contributed by atoms with Crippen LogP contribution in [-0.4, -0.2) is 23.0 Å². The van der Waals surface area contributed by atoms with Crippen LogP contribution in [0.25, 0.3) is 0 Å². The van der Waals surface area contributed by atoms with E-state index in [1.807, 2.05) is 0 Å². The summed E-state index contributed by atoms with van der Waals surface area (Å²) in [5.74, 6) is -0.708. The van der Waals surface area contributed by atoms with Crippen LogP contribution in [0.3, 0.4) is 0 Å². The fourth-order valence-electron chi connectivity index (χ4n) is 1.33. The van der Waals surface area contributed by atoms with Crippen LogP contribution in [0.5, 0.6) is 11.5 Å². The Labute approximate surface area is 102 Å². The van der Waals surface area contributed by atoms with Crippen LogP contribution in [0.4, 0.5) is 4.39 Å². The number of ether oxygens (including phenoxy) is 2. The number of methoxy groups -OCH3 is 1. The highest BCUT2D eigenvalue weighted by Crippen LogP contribution is 2.25. The maximum atomic E-state index is 13.1. The average Bonchev–Trinajstić information content (AvgIpc) is 2.41. The molecule has 0 atom stereocenters. The number of hydrogen-bond acceptors (Lipinski definition) is 5. The van der Waals surface area contributed by atoms with Gasteiger partial charge in [0, 0.05) is 0 Å². The normalized spacial score (nSPS) is 9.89. The SMILES string of the molecule is COC(=O)c1cc(F)ccc1Oc1cncnc1. The second-order valence-corrected chi connectivity index (χ2v) is 3.31. The van der Waals surface area contributed by atoms with Crippen molar-refractivity contribution in [1.82, 2.24) is 9.97 Å². The van der Waals surface area contributed by atoms with Crippen molar-refractivity contribution in [2.75, 3.05) is 7.11 Å². The van der Waals surface area contributed by atoms with E-state index in [1.165, 1.54) is 38.0 Å². The predicted molar refractivity (Wildman–Crippen MR) is 59.8 cm³/mol. The fourth-order valence-corrected chi connectivity index (χ4v) is 1.33. The zero-order valence-corrected chi connectivity index (χ0v) is 9.46. The second kappa shape index (κ2) is 5.22. The second-order valence-electron chi connectivity index (χ2n) is 3.31. The van der Waals surface area contributed by atoms with Gasteiger partial charge in [-0.1, -0.05) is 0 Å². The smallest absolute Gasteiger partial charge is 0.341 e. The molecular weight excluding hydrogens is 239 g/mol. The maximum Gasteiger partial charge on any atom is 0.341 e. The highest BCUT2D eigenvalue weighted by molar-refractivity contribution is 5.92. The number of carbonyl (C=O) groups excluding carboxylic acids is 1. The van der Waals surface area contributed by atoms with Crippen LogP contribution in [-0.2, 0) is 4.74 Å². The molecule has 1 aromatic carbocycles. The summed E-state index contributed by atoms with van der Waals surface area (Å²) in [6.45, 7) is 0. The van der Waals surface area contributed by atoms with Gasteiger partial charge in [0.05, 0.1) is 19.5 Å². The third kappa shape index (κ3) is 2.60. The first kappa shape index (κ1) is 12.0. The largest absolute Gasteiger partial charge is 0.465 e. The summed E-state index contributed by atoms with van der Waals surface area (Å²) in [5.41, 5.74) is 0.00125. The quantitative estimate of drug-likeness (QED) is 0.779. The Morgan fingerprint density at radius 2 is 2.00 bits per heavy atom. The van der Waals surface area contributed by atoms with E-state index in [0.29, 0.717) is 5.75 Å². The minimum Gasteiger partial charge on any atom is -0.465 e. The van der Waals surface area contributed by atoms with Crippen LogP contribution < -0.4 is 4.74 Å². The highest BCUT2D eigenvalue weighted by atomic mass is 19.1. The molecule has 0 saturated carbocycles. The molecule has 0 aliphatic carbocycles. The molecule has 1 heterocycles. The van der Waals surface area contributed by atoms with Crippen molar-refractivity contribution >= 4 is 5.97 Å². The molecule has 18 heavy (non-hydrogen) atoms. The molecule has 92 valence electrons. The van der Waals surface area contributed by atoms with Crippen LogP contribution in [0.2, 0.25) is 0 Å². The summed E-state index contributed by atoms with van der Waals surface area (Å²) in [5, 5.41) is 0. The lowest BCUT2D eigenvalue weighted by Crippen LogP contribution is -2.04. The molecule has 0 aliphatic rings. The van der Waals surface area contributed by atoms with E-state index in [2.05, 4.69) is 14.7 Å². The Kier molecular flexibility index (Phi) is 3.47. The Balaban J connectivity index is 2.35. The molecule has 2 rings (SSSR count). The molecule has 0 N–H and O–H groups in total. The molecule has 0 fully saturated rings. The van der Waals surface area contributed by atoms with Gasteiger partial charge in [0.25, 0.3) is 0 Å². The van der Waals surface area contributed by atoms with E-state index >= 15 is 0 Å². The number of hydrogen-bond donors (Lipinski definition) is 0. The number of rotatable bonds is 3. The monoisotopic (exact) mass is 248 g/mol. The lowest BCUT2D eigenvalue weighted by Gasteiger charge is -2.09. The highest BCUT2D eigenvalue weighted by Gasteiger charge is 2.15. The first-order chi connectivity index (χ1) is 8.70. The Bertz CT molecular complexity index is 561. The maximum absolute atomic E-state index is 13.1. The first-order valence-electron chi connectivity index (χ1n) is 5.01. The summed E-state index contributed by atoms with van der Waals surface area (Å²) in [7, 11) is 1.21. The molecule has 0 amide bonds. The lowest BCUT2D eigenvalue weighted by molar-refractivity contribution is 0.0597. The number of halogens is 1. The van der Waals surface area contributed by atoms with Crippen LogP contribution in [0.15, 0.2) is 36.9 Å². The number of carbonyl (C=O) groups is 1. The first-order valence-corrected chi connectivity index (χ1v) is 5.01.